The van der Waals surface area contributed by atoms with Gasteiger partial charge in [-0.2, -0.15) is 13.2 Å². The Hall–Kier alpha value is -1.82. The monoisotopic (exact) mass is 257 g/mol. The van der Waals surface area contributed by atoms with Gasteiger partial charge in [0.25, 0.3) is 0 Å². The minimum absolute atomic E-state index is 0.0678. The fourth-order valence-electron chi connectivity index (χ4n) is 1.47. The number of aliphatic hydroxyl groups excluding tert-OH is 1. The zero-order valence-electron chi connectivity index (χ0n) is 9.24. The molecule has 0 amide bonds. The fraction of sp³-hybridized carbons (Fsp3) is 0.250. The van der Waals surface area contributed by atoms with Crippen molar-refractivity contribution in [3.05, 3.63) is 41.8 Å². The first-order valence-electron chi connectivity index (χ1n) is 5.24. The minimum Gasteiger partial charge on any atom is -0.441 e. The van der Waals surface area contributed by atoms with Crippen molar-refractivity contribution in [1.82, 2.24) is 4.98 Å². The van der Waals surface area contributed by atoms with Crippen LogP contribution in [-0.4, -0.2) is 16.7 Å². The summed E-state index contributed by atoms with van der Waals surface area (Å²) >= 11 is 0. The summed E-state index contributed by atoms with van der Waals surface area (Å²) in [4.78, 5) is 3.94. The van der Waals surface area contributed by atoms with Crippen LogP contribution in [0.3, 0.4) is 0 Å². The van der Waals surface area contributed by atoms with Gasteiger partial charge >= 0.3 is 6.18 Å². The highest BCUT2D eigenvalue weighted by molar-refractivity contribution is 5.53. The molecule has 0 radical (unpaired) electrons. The Morgan fingerprint density at radius 3 is 2.39 bits per heavy atom. The lowest BCUT2D eigenvalue weighted by atomic mass is 10.1. The Morgan fingerprint density at radius 2 is 1.83 bits per heavy atom. The summed E-state index contributed by atoms with van der Waals surface area (Å²) in [5.74, 6) is 0.736. The molecule has 0 bridgehead atoms. The summed E-state index contributed by atoms with van der Waals surface area (Å²) in [5, 5.41) is 8.71. The van der Waals surface area contributed by atoms with Crippen LogP contribution in [0, 0.1) is 0 Å². The van der Waals surface area contributed by atoms with Crippen LogP contribution >= 0.6 is 0 Å². The molecule has 18 heavy (non-hydrogen) atoms. The molecule has 1 aromatic heterocycles. The van der Waals surface area contributed by atoms with E-state index in [0.29, 0.717) is 17.7 Å². The van der Waals surface area contributed by atoms with E-state index in [4.69, 9.17) is 9.52 Å². The smallest absolute Gasteiger partial charge is 0.416 e. The molecule has 2 rings (SSSR count). The van der Waals surface area contributed by atoms with Crippen LogP contribution in [0.25, 0.3) is 11.5 Å². The van der Waals surface area contributed by atoms with Crippen molar-refractivity contribution in [2.45, 2.75) is 12.6 Å². The van der Waals surface area contributed by atoms with Crippen molar-refractivity contribution >= 4 is 0 Å². The predicted octanol–water partition coefficient (Wildman–Crippen LogP) is 2.90. The molecule has 6 heteroatoms. The Kier molecular flexibility index (Phi) is 3.38. The van der Waals surface area contributed by atoms with E-state index in [1.807, 2.05) is 0 Å². The molecule has 0 aliphatic rings. The molecule has 1 N–H and O–H groups in total. The lowest BCUT2D eigenvalue weighted by Crippen LogP contribution is -2.03. The topological polar surface area (TPSA) is 46.3 Å². The van der Waals surface area contributed by atoms with E-state index in [1.165, 1.54) is 18.3 Å². The Balaban J connectivity index is 2.23. The van der Waals surface area contributed by atoms with Crippen molar-refractivity contribution < 1.29 is 22.7 Å². The van der Waals surface area contributed by atoms with Gasteiger partial charge in [-0.3, -0.25) is 0 Å². The van der Waals surface area contributed by atoms with Crippen molar-refractivity contribution in [1.29, 1.82) is 0 Å². The third-order valence-electron chi connectivity index (χ3n) is 2.37. The minimum atomic E-state index is -4.35. The number of halogens is 3. The maximum atomic E-state index is 12.4. The zero-order valence-corrected chi connectivity index (χ0v) is 9.24. The summed E-state index contributed by atoms with van der Waals surface area (Å²) < 4.78 is 42.4. The molecule has 1 aromatic carbocycles. The van der Waals surface area contributed by atoms with E-state index < -0.39 is 11.7 Å². The number of benzene rings is 1. The molecule has 0 aliphatic heterocycles. The number of alkyl halides is 3. The van der Waals surface area contributed by atoms with Gasteiger partial charge in [-0.15, -0.1) is 0 Å². The highest BCUT2D eigenvalue weighted by Gasteiger charge is 2.30. The average molecular weight is 257 g/mol. The second-order valence-corrected chi connectivity index (χ2v) is 3.68. The molecule has 2 aromatic rings. The van der Waals surface area contributed by atoms with Gasteiger partial charge in [-0.05, 0) is 24.3 Å². The summed E-state index contributed by atoms with van der Waals surface area (Å²) in [5.41, 5.74) is -0.249. The normalized spacial score (nSPS) is 11.8. The molecule has 0 fully saturated rings. The van der Waals surface area contributed by atoms with Gasteiger partial charge in [0.05, 0.1) is 18.4 Å². The number of oxazole rings is 1. The number of aliphatic hydroxyl groups is 1. The number of rotatable bonds is 3. The maximum absolute atomic E-state index is 12.4. The molecule has 0 spiro atoms. The number of hydrogen-bond acceptors (Lipinski definition) is 3. The van der Waals surface area contributed by atoms with Crippen LogP contribution in [0.5, 0.6) is 0 Å². The molecule has 96 valence electrons. The summed E-state index contributed by atoms with van der Waals surface area (Å²) in [6.45, 7) is -0.0678. The van der Waals surface area contributed by atoms with Gasteiger partial charge in [0.1, 0.15) is 5.76 Å². The first-order chi connectivity index (χ1) is 8.50. The number of nitrogens with zero attached hydrogens (tertiary/aromatic N) is 1. The van der Waals surface area contributed by atoms with E-state index in [2.05, 4.69) is 4.98 Å². The van der Waals surface area contributed by atoms with Crippen LogP contribution in [0.1, 0.15) is 11.3 Å². The van der Waals surface area contributed by atoms with E-state index >= 15 is 0 Å². The van der Waals surface area contributed by atoms with Crippen molar-refractivity contribution in [3.8, 4) is 11.5 Å². The molecule has 3 nitrogen and oxygen atoms in total. The number of aromatic nitrogens is 1. The largest absolute Gasteiger partial charge is 0.441 e. The van der Waals surface area contributed by atoms with Crippen LogP contribution < -0.4 is 0 Å². The Morgan fingerprint density at radius 1 is 1.17 bits per heavy atom. The van der Waals surface area contributed by atoms with Crippen molar-refractivity contribution in [2.24, 2.45) is 0 Å². The highest BCUT2D eigenvalue weighted by atomic mass is 19.4. The lowest BCUT2D eigenvalue weighted by Gasteiger charge is -2.06. The second-order valence-electron chi connectivity index (χ2n) is 3.68. The SMILES string of the molecule is OCCc1cnc(-c2ccc(C(F)(F)F)cc2)o1. The van der Waals surface area contributed by atoms with Gasteiger partial charge in [-0.1, -0.05) is 0 Å². The summed E-state index contributed by atoms with van der Waals surface area (Å²) in [7, 11) is 0. The van der Waals surface area contributed by atoms with Gasteiger partial charge in [0.2, 0.25) is 5.89 Å². The van der Waals surface area contributed by atoms with Gasteiger partial charge < -0.3 is 9.52 Å². The third-order valence-corrected chi connectivity index (χ3v) is 2.37. The first kappa shape index (κ1) is 12.6. The fourth-order valence-corrected chi connectivity index (χ4v) is 1.47. The first-order valence-corrected chi connectivity index (χ1v) is 5.24. The Bertz CT molecular complexity index is 517. The van der Waals surface area contributed by atoms with E-state index in [9.17, 15) is 13.2 Å². The van der Waals surface area contributed by atoms with Crippen LogP contribution in [0.15, 0.2) is 34.9 Å². The quantitative estimate of drug-likeness (QED) is 0.919. The summed E-state index contributed by atoms with van der Waals surface area (Å²) in [6, 6.07) is 4.56. The zero-order chi connectivity index (χ0) is 13.2. The van der Waals surface area contributed by atoms with Crippen LogP contribution in [0.4, 0.5) is 13.2 Å². The molecule has 0 saturated heterocycles. The molecule has 0 atom stereocenters. The molecular weight excluding hydrogens is 247 g/mol. The van der Waals surface area contributed by atoms with E-state index in [-0.39, 0.29) is 12.5 Å². The predicted molar refractivity (Wildman–Crippen MR) is 57.7 cm³/mol. The highest BCUT2D eigenvalue weighted by Crippen LogP contribution is 2.30. The summed E-state index contributed by atoms with van der Waals surface area (Å²) in [6.07, 6.45) is -2.58. The molecule has 0 saturated carbocycles. The van der Waals surface area contributed by atoms with E-state index in [0.717, 1.165) is 12.1 Å². The van der Waals surface area contributed by atoms with E-state index in [1.54, 1.807) is 0 Å². The standard InChI is InChI=1S/C12H10F3NO2/c13-12(14,15)9-3-1-8(2-4-9)11-16-7-10(18-11)5-6-17/h1-4,7,17H,5-6H2. The Labute approximate surface area is 101 Å². The van der Waals surface area contributed by atoms with Gasteiger partial charge in [0.15, 0.2) is 0 Å². The number of hydrogen-bond donors (Lipinski definition) is 1. The maximum Gasteiger partial charge on any atom is 0.416 e. The molecular formula is C12H10F3NO2. The molecule has 1 heterocycles. The second kappa shape index (κ2) is 4.81. The van der Waals surface area contributed by atoms with Crippen molar-refractivity contribution in [2.75, 3.05) is 6.61 Å². The molecule has 0 unspecified atom stereocenters. The van der Waals surface area contributed by atoms with Crippen LogP contribution in [0.2, 0.25) is 0 Å². The molecule has 0 aliphatic carbocycles. The van der Waals surface area contributed by atoms with Gasteiger partial charge in [-0.25, -0.2) is 4.98 Å². The van der Waals surface area contributed by atoms with Crippen LogP contribution in [-0.2, 0) is 12.6 Å². The third kappa shape index (κ3) is 2.70. The van der Waals surface area contributed by atoms with Gasteiger partial charge in [0, 0.05) is 12.0 Å². The average Bonchev–Trinajstić information content (AvgIpc) is 2.77. The van der Waals surface area contributed by atoms with Crippen molar-refractivity contribution in [3.63, 3.8) is 0 Å². The lowest BCUT2D eigenvalue weighted by molar-refractivity contribution is -0.137.